The van der Waals surface area contributed by atoms with Crippen LogP contribution in [-0.2, 0) is 4.79 Å². The van der Waals surface area contributed by atoms with Gasteiger partial charge in [0.2, 0.25) is 6.10 Å². The zero-order chi connectivity index (χ0) is 22.2. The molecule has 6 nitrogen and oxygen atoms in total. The molecule has 2 aromatic heterocycles. The summed E-state index contributed by atoms with van der Waals surface area (Å²) in [5, 5.41) is 0.551. The molecule has 2 saturated heterocycles. The summed E-state index contributed by atoms with van der Waals surface area (Å²) in [7, 11) is 0. The molecule has 0 saturated carbocycles. The van der Waals surface area contributed by atoms with Crippen molar-refractivity contribution in [2.45, 2.75) is 31.0 Å². The molecule has 2 aliphatic heterocycles. The first-order valence-corrected chi connectivity index (χ1v) is 11.9. The number of rotatable bonds is 5. The van der Waals surface area contributed by atoms with E-state index in [4.69, 9.17) is 32.4 Å². The van der Waals surface area contributed by atoms with Gasteiger partial charge in [-0.2, -0.15) is 0 Å². The molecule has 9 heteroatoms. The lowest BCUT2D eigenvalue weighted by Crippen LogP contribution is -2.65. The lowest BCUT2D eigenvalue weighted by molar-refractivity contribution is -0.170. The van der Waals surface area contributed by atoms with E-state index in [2.05, 4.69) is 0 Å². The van der Waals surface area contributed by atoms with Crippen molar-refractivity contribution in [1.29, 1.82) is 0 Å². The van der Waals surface area contributed by atoms with Gasteiger partial charge in [0, 0.05) is 29.0 Å². The van der Waals surface area contributed by atoms with Crippen molar-refractivity contribution in [2.75, 3.05) is 13.1 Å². The maximum atomic E-state index is 13.2. The summed E-state index contributed by atoms with van der Waals surface area (Å²) in [6.45, 7) is 1.12. The molecule has 2 amide bonds. The fraction of sp³-hybridized carbons (Fsp3) is 0.304. The molecule has 32 heavy (non-hydrogen) atoms. The van der Waals surface area contributed by atoms with E-state index in [9.17, 15) is 9.59 Å². The van der Waals surface area contributed by atoms with Gasteiger partial charge in [0.05, 0.1) is 10.6 Å². The average Bonchev–Trinajstić information content (AvgIpc) is 3.47. The first-order valence-electron chi connectivity index (χ1n) is 10.3. The van der Waals surface area contributed by atoms with Crippen molar-refractivity contribution in [3.05, 3.63) is 74.8 Å². The van der Waals surface area contributed by atoms with Gasteiger partial charge in [-0.3, -0.25) is 9.59 Å². The zero-order valence-electron chi connectivity index (χ0n) is 16.9. The van der Waals surface area contributed by atoms with E-state index in [-0.39, 0.29) is 23.9 Å². The Morgan fingerprint density at radius 1 is 1.09 bits per heavy atom. The summed E-state index contributed by atoms with van der Waals surface area (Å²) in [6.07, 6.45) is 2.25. The van der Waals surface area contributed by atoms with Gasteiger partial charge in [0.25, 0.3) is 11.8 Å². The van der Waals surface area contributed by atoms with E-state index in [0.717, 1.165) is 4.88 Å². The highest BCUT2D eigenvalue weighted by Gasteiger charge is 2.54. The van der Waals surface area contributed by atoms with Gasteiger partial charge in [-0.25, -0.2) is 0 Å². The number of carbonyl (C=O) groups excluding carboxylic acids is 2. The summed E-state index contributed by atoms with van der Waals surface area (Å²) < 4.78 is 12.0. The van der Waals surface area contributed by atoms with Crippen LogP contribution in [0.25, 0.3) is 0 Å². The van der Waals surface area contributed by atoms with Gasteiger partial charge < -0.3 is 19.0 Å². The molecule has 2 fully saturated rings. The van der Waals surface area contributed by atoms with Gasteiger partial charge in [-0.1, -0.05) is 29.3 Å². The van der Waals surface area contributed by atoms with Crippen molar-refractivity contribution < 1.29 is 18.7 Å². The van der Waals surface area contributed by atoms with E-state index < -0.39 is 6.10 Å². The molecule has 4 heterocycles. The third-order valence-corrected chi connectivity index (χ3v) is 7.44. The lowest BCUT2D eigenvalue weighted by Gasteiger charge is -2.51. The molecule has 0 spiro atoms. The van der Waals surface area contributed by atoms with E-state index in [1.807, 2.05) is 17.0 Å². The topological polar surface area (TPSA) is 63.0 Å². The van der Waals surface area contributed by atoms with Gasteiger partial charge in [0.1, 0.15) is 11.8 Å². The number of hydrogen-bond acceptors (Lipinski definition) is 5. The third kappa shape index (κ3) is 4.00. The monoisotopic (exact) mass is 490 g/mol. The largest absolute Gasteiger partial charge is 0.478 e. The van der Waals surface area contributed by atoms with Gasteiger partial charge in [0.15, 0.2) is 5.76 Å². The average molecular weight is 491 g/mol. The number of piperidine rings is 1. The molecule has 5 rings (SSSR count). The van der Waals surface area contributed by atoms with Crippen LogP contribution in [0.5, 0.6) is 5.75 Å². The number of halogens is 2. The number of benzene rings is 1. The molecule has 3 aromatic rings. The number of nitrogens with zero attached hydrogens (tertiary/aromatic N) is 2. The highest BCUT2D eigenvalue weighted by atomic mass is 35.5. The third-order valence-electron chi connectivity index (χ3n) is 5.91. The molecule has 0 N–H and O–H groups in total. The van der Waals surface area contributed by atoms with E-state index in [1.165, 1.54) is 17.6 Å². The van der Waals surface area contributed by atoms with E-state index in [1.54, 1.807) is 41.3 Å². The molecular formula is C23H20Cl2N2O4S. The summed E-state index contributed by atoms with van der Waals surface area (Å²) in [6, 6.07) is 14.0. The van der Waals surface area contributed by atoms with Crippen LogP contribution in [0.3, 0.4) is 0 Å². The number of hydrogen-bond donors (Lipinski definition) is 0. The van der Waals surface area contributed by atoms with Crippen LogP contribution in [0.4, 0.5) is 0 Å². The first-order chi connectivity index (χ1) is 15.5. The molecule has 0 unspecified atom stereocenters. The first kappa shape index (κ1) is 21.4. The molecule has 0 aliphatic carbocycles. The minimum atomic E-state index is -0.633. The maximum Gasteiger partial charge on any atom is 0.289 e. The summed E-state index contributed by atoms with van der Waals surface area (Å²) in [5.74, 6) is 0.717. The van der Waals surface area contributed by atoms with Crippen LogP contribution in [0.2, 0.25) is 9.36 Å². The number of likely N-dealkylation sites (tertiary alicyclic amines) is 2. The van der Waals surface area contributed by atoms with Crippen molar-refractivity contribution in [1.82, 2.24) is 9.80 Å². The number of carbonyl (C=O) groups is 2. The Morgan fingerprint density at radius 3 is 2.56 bits per heavy atom. The van der Waals surface area contributed by atoms with Crippen molar-refractivity contribution in [3.63, 3.8) is 0 Å². The fourth-order valence-electron chi connectivity index (χ4n) is 4.37. The Labute approximate surface area is 199 Å². The van der Waals surface area contributed by atoms with Gasteiger partial charge in [-0.05, 0) is 55.3 Å². The minimum absolute atomic E-state index is 0.0215. The molecule has 0 radical (unpaired) electrons. The second-order valence-electron chi connectivity index (χ2n) is 7.83. The molecule has 1 aromatic carbocycles. The maximum absolute atomic E-state index is 13.2. The second kappa shape index (κ2) is 8.81. The fourth-order valence-corrected chi connectivity index (χ4v) is 5.73. The SMILES string of the molecule is O=C(c1ccco1)N1CCC(N2C(=O)[C@H](Oc3cccc(Cl)c3)[C@@H]2c2ccc(Cl)s2)CC1. The van der Waals surface area contributed by atoms with E-state index in [0.29, 0.717) is 46.8 Å². The van der Waals surface area contributed by atoms with Crippen LogP contribution in [0.15, 0.2) is 59.2 Å². The number of thiophene rings is 1. The Morgan fingerprint density at radius 2 is 1.91 bits per heavy atom. The molecule has 166 valence electrons. The van der Waals surface area contributed by atoms with Crippen molar-refractivity contribution >= 4 is 46.4 Å². The molecule has 2 atom stereocenters. The van der Waals surface area contributed by atoms with Crippen molar-refractivity contribution in [2.24, 2.45) is 0 Å². The van der Waals surface area contributed by atoms with Gasteiger partial charge in [-0.15, -0.1) is 11.3 Å². The van der Waals surface area contributed by atoms with Crippen molar-refractivity contribution in [3.8, 4) is 5.75 Å². The minimum Gasteiger partial charge on any atom is -0.478 e. The Bertz CT molecular complexity index is 1120. The quantitative estimate of drug-likeness (QED) is 0.456. The standard InChI is InChI=1S/C23H20Cl2N2O4S/c24-14-3-1-4-16(13-14)31-21-20(18-6-7-19(25)32-18)27(23(21)29)15-8-10-26(11-9-15)22(28)17-5-2-12-30-17/h1-7,12-13,15,20-21H,8-11H2/t20-,21+/m0/s1. The second-order valence-corrected chi connectivity index (χ2v) is 10.0. The Kier molecular flexibility index (Phi) is 5.88. The Hall–Kier alpha value is -2.48. The molecule has 2 aliphatic rings. The van der Waals surface area contributed by atoms with Crippen LogP contribution in [-0.4, -0.2) is 46.8 Å². The highest BCUT2D eigenvalue weighted by molar-refractivity contribution is 7.16. The number of furan rings is 1. The number of β-lactam (4-membered cyclic amide) rings is 1. The summed E-state index contributed by atoms with van der Waals surface area (Å²) >= 11 is 13.7. The highest BCUT2D eigenvalue weighted by Crippen LogP contribution is 2.44. The summed E-state index contributed by atoms with van der Waals surface area (Å²) in [5.41, 5.74) is 0. The Balaban J connectivity index is 1.32. The predicted molar refractivity (Wildman–Crippen MR) is 122 cm³/mol. The zero-order valence-corrected chi connectivity index (χ0v) is 19.3. The smallest absolute Gasteiger partial charge is 0.289 e. The predicted octanol–water partition coefficient (Wildman–Crippen LogP) is 5.28. The number of ether oxygens (including phenoxy) is 1. The lowest BCUT2D eigenvalue weighted by atomic mass is 9.89. The molecule has 0 bridgehead atoms. The summed E-state index contributed by atoms with van der Waals surface area (Å²) in [4.78, 5) is 30.4. The normalized spacial score (nSPS) is 21.5. The van der Waals surface area contributed by atoms with Crippen LogP contribution in [0.1, 0.15) is 34.3 Å². The van der Waals surface area contributed by atoms with Crippen LogP contribution < -0.4 is 4.74 Å². The van der Waals surface area contributed by atoms with Crippen LogP contribution in [0, 0.1) is 0 Å². The number of amides is 2. The van der Waals surface area contributed by atoms with E-state index >= 15 is 0 Å². The van der Waals surface area contributed by atoms with Gasteiger partial charge >= 0.3 is 0 Å². The molecular weight excluding hydrogens is 471 g/mol. The van der Waals surface area contributed by atoms with Crippen LogP contribution >= 0.6 is 34.5 Å².